The lowest BCUT2D eigenvalue weighted by molar-refractivity contribution is 0.100. The normalized spacial score (nSPS) is 11.9. The zero-order valence-corrected chi connectivity index (χ0v) is 10.4. The maximum absolute atomic E-state index is 13.2. The SMILES string of the molecule is CC(Nc1ncccc1C(N)=O)c1cccc(F)c1. The molecule has 0 radical (unpaired) electrons. The topological polar surface area (TPSA) is 68.0 Å². The van der Waals surface area contributed by atoms with Crippen LogP contribution in [-0.2, 0) is 0 Å². The van der Waals surface area contributed by atoms with Crippen LogP contribution in [0.25, 0.3) is 0 Å². The number of halogens is 1. The molecule has 0 aliphatic rings. The fourth-order valence-corrected chi connectivity index (χ4v) is 1.78. The lowest BCUT2D eigenvalue weighted by Gasteiger charge is -2.16. The molecule has 0 fully saturated rings. The van der Waals surface area contributed by atoms with Crippen LogP contribution in [0.5, 0.6) is 0 Å². The summed E-state index contributed by atoms with van der Waals surface area (Å²) < 4.78 is 13.2. The Kier molecular flexibility index (Phi) is 3.75. The number of hydrogen-bond donors (Lipinski definition) is 2. The standard InChI is InChI=1S/C14H14FN3O/c1-9(10-4-2-5-11(15)8-10)18-14-12(13(16)19)6-3-7-17-14/h2-9H,1H3,(H2,16,19)(H,17,18). The molecule has 0 spiro atoms. The molecule has 1 aromatic carbocycles. The molecule has 3 N–H and O–H groups in total. The van der Waals surface area contributed by atoms with Gasteiger partial charge in [-0.2, -0.15) is 0 Å². The summed E-state index contributed by atoms with van der Waals surface area (Å²) in [5.74, 6) is -0.462. The number of benzene rings is 1. The van der Waals surface area contributed by atoms with Gasteiger partial charge in [0.1, 0.15) is 11.6 Å². The molecule has 5 heteroatoms. The molecule has 0 aliphatic heterocycles. The molecule has 1 atom stereocenters. The Bertz CT molecular complexity index is 601. The van der Waals surface area contributed by atoms with Gasteiger partial charge < -0.3 is 11.1 Å². The van der Waals surface area contributed by atoms with Gasteiger partial charge in [-0.25, -0.2) is 9.37 Å². The van der Waals surface area contributed by atoms with Gasteiger partial charge in [0.05, 0.1) is 11.6 Å². The molecule has 19 heavy (non-hydrogen) atoms. The molecule has 1 unspecified atom stereocenters. The average Bonchev–Trinajstić information content (AvgIpc) is 2.39. The molecular formula is C14H14FN3O. The molecule has 4 nitrogen and oxygen atoms in total. The van der Waals surface area contributed by atoms with Gasteiger partial charge in [0.2, 0.25) is 0 Å². The monoisotopic (exact) mass is 259 g/mol. The van der Waals surface area contributed by atoms with E-state index in [4.69, 9.17) is 5.73 Å². The van der Waals surface area contributed by atoms with Crippen molar-refractivity contribution >= 4 is 11.7 Å². The largest absolute Gasteiger partial charge is 0.365 e. The van der Waals surface area contributed by atoms with E-state index < -0.39 is 5.91 Å². The fraction of sp³-hybridized carbons (Fsp3) is 0.143. The highest BCUT2D eigenvalue weighted by molar-refractivity contribution is 5.97. The minimum atomic E-state index is -0.554. The molecule has 2 rings (SSSR count). The summed E-state index contributed by atoms with van der Waals surface area (Å²) >= 11 is 0. The smallest absolute Gasteiger partial charge is 0.252 e. The van der Waals surface area contributed by atoms with E-state index in [9.17, 15) is 9.18 Å². The van der Waals surface area contributed by atoms with E-state index in [-0.39, 0.29) is 11.9 Å². The van der Waals surface area contributed by atoms with Crippen molar-refractivity contribution in [2.24, 2.45) is 5.73 Å². The van der Waals surface area contributed by atoms with Crippen LogP contribution in [-0.4, -0.2) is 10.9 Å². The first kappa shape index (κ1) is 13.0. The van der Waals surface area contributed by atoms with Gasteiger partial charge in [-0.15, -0.1) is 0 Å². The number of amides is 1. The molecule has 1 heterocycles. The number of pyridine rings is 1. The summed E-state index contributed by atoms with van der Waals surface area (Å²) in [4.78, 5) is 15.4. The number of primary amides is 1. The van der Waals surface area contributed by atoms with Gasteiger partial charge in [0, 0.05) is 6.20 Å². The minimum Gasteiger partial charge on any atom is -0.365 e. The highest BCUT2D eigenvalue weighted by atomic mass is 19.1. The molecule has 0 saturated heterocycles. The van der Waals surface area contributed by atoms with E-state index in [1.165, 1.54) is 12.1 Å². The van der Waals surface area contributed by atoms with Crippen molar-refractivity contribution < 1.29 is 9.18 Å². The second kappa shape index (κ2) is 5.48. The maximum atomic E-state index is 13.2. The van der Waals surface area contributed by atoms with Gasteiger partial charge in [-0.1, -0.05) is 12.1 Å². The van der Waals surface area contributed by atoms with Crippen molar-refractivity contribution in [1.82, 2.24) is 4.98 Å². The highest BCUT2D eigenvalue weighted by Crippen LogP contribution is 2.20. The Morgan fingerprint density at radius 1 is 1.37 bits per heavy atom. The first-order valence-electron chi connectivity index (χ1n) is 5.84. The van der Waals surface area contributed by atoms with Gasteiger partial charge in [-0.05, 0) is 36.8 Å². The van der Waals surface area contributed by atoms with Crippen LogP contribution < -0.4 is 11.1 Å². The predicted octanol–water partition coefficient (Wildman–Crippen LogP) is 2.49. The number of carbonyl (C=O) groups is 1. The van der Waals surface area contributed by atoms with Crippen LogP contribution >= 0.6 is 0 Å². The van der Waals surface area contributed by atoms with E-state index in [0.29, 0.717) is 11.4 Å². The van der Waals surface area contributed by atoms with Crippen molar-refractivity contribution in [3.05, 3.63) is 59.5 Å². The van der Waals surface area contributed by atoms with Crippen LogP contribution in [0, 0.1) is 5.82 Å². The Hall–Kier alpha value is -2.43. The van der Waals surface area contributed by atoms with Gasteiger partial charge >= 0.3 is 0 Å². The molecule has 2 aromatic rings. The van der Waals surface area contributed by atoms with Crippen molar-refractivity contribution in [3.63, 3.8) is 0 Å². The second-order valence-electron chi connectivity index (χ2n) is 4.18. The minimum absolute atomic E-state index is 0.191. The average molecular weight is 259 g/mol. The van der Waals surface area contributed by atoms with E-state index in [1.54, 1.807) is 30.5 Å². The van der Waals surface area contributed by atoms with E-state index in [2.05, 4.69) is 10.3 Å². The second-order valence-corrected chi connectivity index (χ2v) is 4.18. The van der Waals surface area contributed by atoms with Crippen molar-refractivity contribution in [3.8, 4) is 0 Å². The zero-order valence-electron chi connectivity index (χ0n) is 10.4. The van der Waals surface area contributed by atoms with Gasteiger partial charge in [0.25, 0.3) is 5.91 Å². The van der Waals surface area contributed by atoms with Crippen molar-refractivity contribution in [2.75, 3.05) is 5.32 Å². The van der Waals surface area contributed by atoms with Crippen LogP contribution in [0.3, 0.4) is 0 Å². The fourth-order valence-electron chi connectivity index (χ4n) is 1.78. The number of nitrogens with two attached hydrogens (primary N) is 1. The number of hydrogen-bond acceptors (Lipinski definition) is 3. The Morgan fingerprint density at radius 3 is 2.84 bits per heavy atom. The molecule has 98 valence electrons. The zero-order chi connectivity index (χ0) is 13.8. The quantitative estimate of drug-likeness (QED) is 0.886. The van der Waals surface area contributed by atoms with E-state index >= 15 is 0 Å². The number of nitrogens with zero attached hydrogens (tertiary/aromatic N) is 1. The summed E-state index contributed by atoms with van der Waals surface area (Å²) in [6.45, 7) is 1.86. The number of rotatable bonds is 4. The van der Waals surface area contributed by atoms with Crippen LogP contribution in [0.4, 0.5) is 10.2 Å². The van der Waals surface area contributed by atoms with E-state index in [1.807, 2.05) is 6.92 Å². The van der Waals surface area contributed by atoms with Crippen molar-refractivity contribution in [1.29, 1.82) is 0 Å². The number of anilines is 1. The summed E-state index contributed by atoms with van der Waals surface area (Å²) in [5, 5.41) is 3.06. The summed E-state index contributed by atoms with van der Waals surface area (Å²) in [5.41, 5.74) is 6.35. The Balaban J connectivity index is 2.24. The summed E-state index contributed by atoms with van der Waals surface area (Å²) in [7, 11) is 0. The maximum Gasteiger partial charge on any atom is 0.252 e. The summed E-state index contributed by atoms with van der Waals surface area (Å²) in [6, 6.07) is 9.29. The first-order chi connectivity index (χ1) is 9.08. The lowest BCUT2D eigenvalue weighted by atomic mass is 10.1. The van der Waals surface area contributed by atoms with Gasteiger partial charge in [-0.3, -0.25) is 4.79 Å². The third-order valence-corrected chi connectivity index (χ3v) is 2.78. The number of aromatic nitrogens is 1. The van der Waals surface area contributed by atoms with Gasteiger partial charge in [0.15, 0.2) is 0 Å². The lowest BCUT2D eigenvalue weighted by Crippen LogP contribution is -2.17. The Labute approximate surface area is 110 Å². The molecule has 1 amide bonds. The number of carbonyl (C=O) groups excluding carboxylic acids is 1. The molecule has 0 aliphatic carbocycles. The highest BCUT2D eigenvalue weighted by Gasteiger charge is 2.12. The molecule has 0 bridgehead atoms. The third kappa shape index (κ3) is 3.07. The number of nitrogens with one attached hydrogen (secondary N) is 1. The molecule has 0 saturated carbocycles. The Morgan fingerprint density at radius 2 is 2.16 bits per heavy atom. The van der Waals surface area contributed by atoms with Crippen LogP contribution in [0.15, 0.2) is 42.6 Å². The van der Waals surface area contributed by atoms with Crippen molar-refractivity contribution in [2.45, 2.75) is 13.0 Å². The first-order valence-corrected chi connectivity index (χ1v) is 5.84. The summed E-state index contributed by atoms with van der Waals surface area (Å²) in [6.07, 6.45) is 1.56. The van der Waals surface area contributed by atoms with Crippen LogP contribution in [0.2, 0.25) is 0 Å². The van der Waals surface area contributed by atoms with Crippen LogP contribution in [0.1, 0.15) is 28.9 Å². The third-order valence-electron chi connectivity index (χ3n) is 2.78. The van der Waals surface area contributed by atoms with E-state index in [0.717, 1.165) is 5.56 Å². The molecular weight excluding hydrogens is 245 g/mol. The predicted molar refractivity (Wildman–Crippen MR) is 71.2 cm³/mol. The molecule has 1 aromatic heterocycles.